The molecule has 100 valence electrons. The molecule has 1 aromatic heterocycles. The summed E-state index contributed by atoms with van der Waals surface area (Å²) in [5, 5.41) is 3.17. The largest absolute Gasteiger partial charge is 0.370 e. The van der Waals surface area contributed by atoms with Gasteiger partial charge in [-0.2, -0.15) is 0 Å². The fourth-order valence-corrected chi connectivity index (χ4v) is 1.82. The van der Waals surface area contributed by atoms with Crippen molar-refractivity contribution >= 4 is 11.7 Å². The molecule has 0 radical (unpaired) electrons. The van der Waals surface area contributed by atoms with Crippen LogP contribution in [-0.4, -0.2) is 35.9 Å². The van der Waals surface area contributed by atoms with Crippen molar-refractivity contribution in [2.24, 2.45) is 0 Å². The highest BCUT2D eigenvalue weighted by Gasteiger charge is 2.13. The molecular formula is C14H23N3O. The van der Waals surface area contributed by atoms with E-state index in [9.17, 15) is 4.79 Å². The molecule has 18 heavy (non-hydrogen) atoms. The molecule has 0 spiro atoms. The van der Waals surface area contributed by atoms with E-state index in [1.165, 1.54) is 0 Å². The number of aryl methyl sites for hydroxylation is 1. The first-order valence-electron chi connectivity index (χ1n) is 6.62. The van der Waals surface area contributed by atoms with E-state index in [-0.39, 0.29) is 5.91 Å². The summed E-state index contributed by atoms with van der Waals surface area (Å²) in [6, 6.07) is 3.71. The molecule has 1 amide bonds. The number of carbonyl (C=O) groups is 1. The van der Waals surface area contributed by atoms with Crippen LogP contribution in [0, 0.1) is 0 Å². The summed E-state index contributed by atoms with van der Waals surface area (Å²) in [6.45, 7) is 7.71. The number of carbonyl (C=O) groups excluding carboxylic acids is 1. The lowest BCUT2D eigenvalue weighted by Gasteiger charge is -2.17. The fraction of sp³-hybridized carbons (Fsp3) is 0.571. The zero-order valence-electron chi connectivity index (χ0n) is 11.8. The second-order valence-corrected chi connectivity index (χ2v) is 4.34. The summed E-state index contributed by atoms with van der Waals surface area (Å²) in [5.74, 6) is 0.846. The van der Waals surface area contributed by atoms with Crippen molar-refractivity contribution in [2.45, 2.75) is 33.6 Å². The Kier molecular flexibility index (Phi) is 5.62. The topological polar surface area (TPSA) is 45.2 Å². The molecule has 0 bridgehead atoms. The van der Waals surface area contributed by atoms with Crippen LogP contribution in [0.4, 0.5) is 5.82 Å². The normalized spacial score (nSPS) is 10.2. The minimum atomic E-state index is 0.0631. The Hall–Kier alpha value is -1.58. The molecule has 0 aliphatic heterocycles. The van der Waals surface area contributed by atoms with Crippen molar-refractivity contribution in [2.75, 3.05) is 25.5 Å². The molecule has 0 saturated heterocycles. The van der Waals surface area contributed by atoms with Gasteiger partial charge < -0.3 is 10.2 Å². The summed E-state index contributed by atoms with van der Waals surface area (Å²) < 4.78 is 0. The van der Waals surface area contributed by atoms with Crippen molar-refractivity contribution < 1.29 is 4.79 Å². The number of hydrogen-bond acceptors (Lipinski definition) is 3. The molecule has 0 saturated carbocycles. The van der Waals surface area contributed by atoms with Crippen LogP contribution < -0.4 is 5.32 Å². The van der Waals surface area contributed by atoms with Crippen molar-refractivity contribution in [1.29, 1.82) is 0 Å². The standard InChI is InChI=1S/C14H23N3O/c1-5-8-17(4)14(18)11-9-12(6-2)16-13(10-11)15-7-3/h9-10H,5-8H2,1-4H3,(H,15,16). The SMILES string of the molecule is CCCN(C)C(=O)c1cc(CC)nc(NCC)c1. The molecule has 0 aromatic carbocycles. The molecule has 0 aliphatic carbocycles. The number of pyridine rings is 1. The lowest BCUT2D eigenvalue weighted by atomic mass is 10.1. The second-order valence-electron chi connectivity index (χ2n) is 4.34. The fourth-order valence-electron chi connectivity index (χ4n) is 1.82. The van der Waals surface area contributed by atoms with Gasteiger partial charge in [0.05, 0.1) is 0 Å². The van der Waals surface area contributed by atoms with E-state index in [1.807, 2.05) is 33.0 Å². The van der Waals surface area contributed by atoms with Gasteiger partial charge in [0.25, 0.3) is 5.91 Å². The number of hydrogen-bond donors (Lipinski definition) is 1. The van der Waals surface area contributed by atoms with E-state index >= 15 is 0 Å². The maximum Gasteiger partial charge on any atom is 0.253 e. The first-order chi connectivity index (χ1) is 8.62. The lowest BCUT2D eigenvalue weighted by Crippen LogP contribution is -2.27. The molecule has 1 aromatic rings. The van der Waals surface area contributed by atoms with Gasteiger partial charge in [-0.25, -0.2) is 4.98 Å². The molecule has 4 nitrogen and oxygen atoms in total. The molecule has 1 heterocycles. The summed E-state index contributed by atoms with van der Waals surface area (Å²) in [7, 11) is 1.84. The molecule has 0 unspecified atom stereocenters. The zero-order chi connectivity index (χ0) is 13.5. The maximum absolute atomic E-state index is 12.2. The highest BCUT2D eigenvalue weighted by atomic mass is 16.2. The van der Waals surface area contributed by atoms with Crippen LogP contribution in [-0.2, 0) is 6.42 Å². The minimum absolute atomic E-state index is 0.0631. The molecule has 1 rings (SSSR count). The molecule has 4 heteroatoms. The van der Waals surface area contributed by atoms with Gasteiger partial charge in [0.15, 0.2) is 0 Å². The number of nitrogens with one attached hydrogen (secondary N) is 1. The quantitative estimate of drug-likeness (QED) is 0.842. The first-order valence-corrected chi connectivity index (χ1v) is 6.62. The summed E-state index contributed by atoms with van der Waals surface area (Å²) in [6.07, 6.45) is 1.80. The molecule has 0 aliphatic rings. The summed E-state index contributed by atoms with van der Waals surface area (Å²) in [4.78, 5) is 18.4. The van der Waals surface area contributed by atoms with E-state index in [4.69, 9.17) is 0 Å². The lowest BCUT2D eigenvalue weighted by molar-refractivity contribution is 0.0795. The van der Waals surface area contributed by atoms with E-state index in [1.54, 1.807) is 4.90 Å². The maximum atomic E-state index is 12.2. The molecular weight excluding hydrogens is 226 g/mol. The van der Waals surface area contributed by atoms with Crippen LogP contribution in [0.3, 0.4) is 0 Å². The van der Waals surface area contributed by atoms with Crippen LogP contribution in [0.25, 0.3) is 0 Å². The average Bonchev–Trinajstić information content (AvgIpc) is 2.38. The van der Waals surface area contributed by atoms with Crippen molar-refractivity contribution in [3.63, 3.8) is 0 Å². The van der Waals surface area contributed by atoms with Gasteiger partial charge in [0.2, 0.25) is 0 Å². The third-order valence-corrected chi connectivity index (χ3v) is 2.75. The van der Waals surface area contributed by atoms with Gasteiger partial charge in [0, 0.05) is 31.4 Å². The highest BCUT2D eigenvalue weighted by Crippen LogP contribution is 2.13. The van der Waals surface area contributed by atoms with E-state index < -0.39 is 0 Å². The van der Waals surface area contributed by atoms with E-state index in [0.29, 0.717) is 5.56 Å². The monoisotopic (exact) mass is 249 g/mol. The third kappa shape index (κ3) is 3.72. The van der Waals surface area contributed by atoms with Crippen molar-refractivity contribution in [3.05, 3.63) is 23.4 Å². The van der Waals surface area contributed by atoms with Gasteiger partial charge in [-0.1, -0.05) is 13.8 Å². The van der Waals surface area contributed by atoms with Gasteiger partial charge in [-0.3, -0.25) is 4.79 Å². The minimum Gasteiger partial charge on any atom is -0.370 e. The Morgan fingerprint density at radius 2 is 2.06 bits per heavy atom. The van der Waals surface area contributed by atoms with Gasteiger partial charge >= 0.3 is 0 Å². The number of anilines is 1. The average molecular weight is 249 g/mol. The number of nitrogens with zero attached hydrogens (tertiary/aromatic N) is 2. The Morgan fingerprint density at radius 1 is 1.33 bits per heavy atom. The molecule has 0 atom stereocenters. The Labute approximate surface area is 109 Å². The molecule has 0 fully saturated rings. The number of rotatable bonds is 6. The Morgan fingerprint density at radius 3 is 2.61 bits per heavy atom. The summed E-state index contributed by atoms with van der Waals surface area (Å²) >= 11 is 0. The van der Waals surface area contributed by atoms with Gasteiger partial charge in [-0.05, 0) is 31.9 Å². The van der Waals surface area contributed by atoms with Gasteiger partial charge in [0.1, 0.15) is 5.82 Å². The van der Waals surface area contributed by atoms with Crippen LogP contribution in [0.1, 0.15) is 43.2 Å². The number of aromatic nitrogens is 1. The van der Waals surface area contributed by atoms with Crippen LogP contribution in [0.15, 0.2) is 12.1 Å². The second kappa shape index (κ2) is 6.99. The Bertz CT molecular complexity index is 404. The van der Waals surface area contributed by atoms with Crippen LogP contribution in [0.5, 0.6) is 0 Å². The van der Waals surface area contributed by atoms with Gasteiger partial charge in [-0.15, -0.1) is 0 Å². The Balaban J connectivity index is 2.99. The smallest absolute Gasteiger partial charge is 0.253 e. The van der Waals surface area contributed by atoms with Crippen molar-refractivity contribution in [3.8, 4) is 0 Å². The number of amides is 1. The van der Waals surface area contributed by atoms with E-state index in [0.717, 1.165) is 37.4 Å². The first kappa shape index (κ1) is 14.5. The molecule has 1 N–H and O–H groups in total. The highest BCUT2D eigenvalue weighted by molar-refractivity contribution is 5.94. The van der Waals surface area contributed by atoms with Crippen molar-refractivity contribution in [1.82, 2.24) is 9.88 Å². The predicted molar refractivity (Wildman–Crippen MR) is 75.0 cm³/mol. The predicted octanol–water partition coefficient (Wildman–Crippen LogP) is 2.56. The summed E-state index contributed by atoms with van der Waals surface area (Å²) in [5.41, 5.74) is 1.66. The van der Waals surface area contributed by atoms with Crippen LogP contribution >= 0.6 is 0 Å². The third-order valence-electron chi connectivity index (χ3n) is 2.75. The van der Waals surface area contributed by atoms with Crippen LogP contribution in [0.2, 0.25) is 0 Å². The van der Waals surface area contributed by atoms with E-state index in [2.05, 4.69) is 17.2 Å². The zero-order valence-corrected chi connectivity index (χ0v) is 11.8.